The van der Waals surface area contributed by atoms with Crippen molar-refractivity contribution in [2.45, 2.75) is 0 Å². The second-order valence-electron chi connectivity index (χ2n) is 4.79. The lowest BCUT2D eigenvalue weighted by Gasteiger charge is -2.09. The Bertz CT molecular complexity index is 707. The molecule has 3 aromatic carbocycles. The quantitative estimate of drug-likeness (QED) is 0.698. The maximum absolute atomic E-state index is 5.80. The third-order valence-corrected chi connectivity index (χ3v) is 3.21. The molecule has 0 radical (unpaired) electrons. The molecule has 3 nitrogen and oxygen atoms in total. The van der Waals surface area contributed by atoms with Crippen LogP contribution in [0.25, 0.3) is 0 Å². The van der Waals surface area contributed by atoms with Crippen molar-refractivity contribution < 1.29 is 9.47 Å². The molecule has 110 valence electrons. The molecular weight excluding hydrogens is 274 g/mol. The lowest BCUT2D eigenvalue weighted by Crippen LogP contribution is -1.90. The first-order valence-corrected chi connectivity index (χ1v) is 7.07. The van der Waals surface area contributed by atoms with Gasteiger partial charge < -0.3 is 14.8 Å². The van der Waals surface area contributed by atoms with Gasteiger partial charge in [-0.1, -0.05) is 18.2 Å². The Labute approximate surface area is 130 Å². The summed E-state index contributed by atoms with van der Waals surface area (Å²) in [6.45, 7) is 0. The van der Waals surface area contributed by atoms with Gasteiger partial charge in [-0.2, -0.15) is 0 Å². The summed E-state index contributed by atoms with van der Waals surface area (Å²) >= 11 is 0. The molecule has 0 bridgehead atoms. The Morgan fingerprint density at radius 3 is 1.68 bits per heavy atom. The van der Waals surface area contributed by atoms with E-state index in [2.05, 4.69) is 5.32 Å². The average molecular weight is 291 g/mol. The molecule has 0 atom stereocenters. The summed E-state index contributed by atoms with van der Waals surface area (Å²) in [4.78, 5) is 0. The summed E-state index contributed by atoms with van der Waals surface area (Å²) in [6, 6.07) is 25.4. The van der Waals surface area contributed by atoms with Crippen LogP contribution in [0.3, 0.4) is 0 Å². The van der Waals surface area contributed by atoms with Crippen LogP contribution in [-0.2, 0) is 0 Å². The largest absolute Gasteiger partial charge is 0.497 e. The van der Waals surface area contributed by atoms with Crippen LogP contribution >= 0.6 is 0 Å². The van der Waals surface area contributed by atoms with Crippen molar-refractivity contribution in [1.29, 1.82) is 0 Å². The van der Waals surface area contributed by atoms with Crippen molar-refractivity contribution in [2.75, 3.05) is 12.4 Å². The van der Waals surface area contributed by atoms with Crippen LogP contribution in [0.4, 0.5) is 11.4 Å². The van der Waals surface area contributed by atoms with E-state index in [0.29, 0.717) is 0 Å². The normalized spacial score (nSPS) is 10.0. The lowest BCUT2D eigenvalue weighted by atomic mass is 10.2. The zero-order chi connectivity index (χ0) is 15.2. The number of nitrogens with one attached hydrogen (secondary N) is 1. The molecule has 0 amide bonds. The molecule has 1 N–H and O–H groups in total. The van der Waals surface area contributed by atoms with Crippen molar-refractivity contribution in [2.24, 2.45) is 0 Å². The van der Waals surface area contributed by atoms with Crippen LogP contribution < -0.4 is 14.8 Å². The summed E-state index contributed by atoms with van der Waals surface area (Å²) in [5.41, 5.74) is 2.08. The molecule has 0 aliphatic heterocycles. The topological polar surface area (TPSA) is 30.5 Å². The van der Waals surface area contributed by atoms with Gasteiger partial charge in [-0.3, -0.25) is 0 Å². The summed E-state index contributed by atoms with van der Waals surface area (Å²) in [5, 5.41) is 3.34. The van der Waals surface area contributed by atoms with Crippen molar-refractivity contribution in [3.05, 3.63) is 78.9 Å². The Morgan fingerprint density at radius 1 is 0.591 bits per heavy atom. The second kappa shape index (κ2) is 6.68. The number of hydrogen-bond donors (Lipinski definition) is 1. The predicted octanol–water partition coefficient (Wildman–Crippen LogP) is 5.23. The standard InChI is InChI=1S/C19H17NO2/c1-21-17-11-13-19(14-12-17)22-18-9-7-16(8-10-18)20-15-5-3-2-4-6-15/h2-14,20H,1H3. The number of para-hydroxylation sites is 1. The maximum atomic E-state index is 5.80. The van der Waals surface area contributed by atoms with Gasteiger partial charge in [0.15, 0.2) is 0 Å². The number of benzene rings is 3. The Balaban J connectivity index is 1.66. The highest BCUT2D eigenvalue weighted by Crippen LogP contribution is 2.25. The Hall–Kier alpha value is -2.94. The van der Waals surface area contributed by atoms with E-state index in [0.717, 1.165) is 28.6 Å². The van der Waals surface area contributed by atoms with Crippen molar-refractivity contribution in [3.8, 4) is 17.2 Å². The highest BCUT2D eigenvalue weighted by atomic mass is 16.5. The van der Waals surface area contributed by atoms with Crippen LogP contribution in [0.5, 0.6) is 17.2 Å². The van der Waals surface area contributed by atoms with E-state index in [9.17, 15) is 0 Å². The van der Waals surface area contributed by atoms with E-state index in [4.69, 9.17) is 9.47 Å². The van der Waals surface area contributed by atoms with E-state index in [1.165, 1.54) is 0 Å². The number of anilines is 2. The first-order chi connectivity index (χ1) is 10.8. The zero-order valence-electron chi connectivity index (χ0n) is 12.3. The van der Waals surface area contributed by atoms with E-state index >= 15 is 0 Å². The van der Waals surface area contributed by atoms with Crippen LogP contribution in [0, 0.1) is 0 Å². The molecular formula is C19H17NO2. The molecule has 0 aliphatic rings. The molecule has 0 heterocycles. The van der Waals surface area contributed by atoms with E-state index in [1.807, 2.05) is 78.9 Å². The van der Waals surface area contributed by atoms with Crippen molar-refractivity contribution in [1.82, 2.24) is 0 Å². The number of methoxy groups -OCH3 is 1. The third kappa shape index (κ3) is 3.58. The SMILES string of the molecule is COc1ccc(Oc2ccc(Nc3ccccc3)cc2)cc1. The molecule has 0 saturated heterocycles. The second-order valence-corrected chi connectivity index (χ2v) is 4.79. The minimum Gasteiger partial charge on any atom is -0.497 e. The van der Waals surface area contributed by atoms with Crippen LogP contribution in [0.15, 0.2) is 78.9 Å². The molecule has 0 saturated carbocycles. The van der Waals surface area contributed by atoms with Gasteiger partial charge in [-0.25, -0.2) is 0 Å². The molecule has 0 aromatic heterocycles. The summed E-state index contributed by atoms with van der Waals surface area (Å²) in [6.07, 6.45) is 0. The van der Waals surface area contributed by atoms with Gasteiger partial charge in [0, 0.05) is 11.4 Å². The first kappa shape index (κ1) is 14.0. The molecule has 0 aliphatic carbocycles. The van der Waals surface area contributed by atoms with Crippen LogP contribution in [0.2, 0.25) is 0 Å². The lowest BCUT2D eigenvalue weighted by molar-refractivity contribution is 0.413. The monoisotopic (exact) mass is 291 g/mol. The first-order valence-electron chi connectivity index (χ1n) is 7.07. The van der Waals surface area contributed by atoms with E-state index < -0.39 is 0 Å². The average Bonchev–Trinajstić information content (AvgIpc) is 2.58. The van der Waals surface area contributed by atoms with Crippen molar-refractivity contribution in [3.63, 3.8) is 0 Å². The highest BCUT2D eigenvalue weighted by molar-refractivity contribution is 5.60. The van der Waals surface area contributed by atoms with Crippen LogP contribution in [0.1, 0.15) is 0 Å². The van der Waals surface area contributed by atoms with E-state index in [-0.39, 0.29) is 0 Å². The van der Waals surface area contributed by atoms with Crippen LogP contribution in [-0.4, -0.2) is 7.11 Å². The molecule has 3 heteroatoms. The van der Waals surface area contributed by atoms with Gasteiger partial charge >= 0.3 is 0 Å². The highest BCUT2D eigenvalue weighted by Gasteiger charge is 1.99. The van der Waals surface area contributed by atoms with Gasteiger partial charge in [0.2, 0.25) is 0 Å². The minimum absolute atomic E-state index is 0.782. The Morgan fingerprint density at radius 2 is 1.09 bits per heavy atom. The number of ether oxygens (including phenoxy) is 2. The number of hydrogen-bond acceptors (Lipinski definition) is 3. The number of rotatable bonds is 5. The molecule has 0 spiro atoms. The summed E-state index contributed by atoms with van der Waals surface area (Å²) in [5.74, 6) is 2.39. The molecule has 0 unspecified atom stereocenters. The van der Waals surface area contributed by atoms with Crippen molar-refractivity contribution >= 4 is 11.4 Å². The van der Waals surface area contributed by atoms with Gasteiger partial charge in [-0.15, -0.1) is 0 Å². The summed E-state index contributed by atoms with van der Waals surface area (Å²) < 4.78 is 10.9. The van der Waals surface area contributed by atoms with E-state index in [1.54, 1.807) is 7.11 Å². The zero-order valence-corrected chi connectivity index (χ0v) is 12.3. The fourth-order valence-electron chi connectivity index (χ4n) is 2.07. The van der Waals surface area contributed by atoms with Gasteiger partial charge in [0.25, 0.3) is 0 Å². The minimum atomic E-state index is 0.782. The third-order valence-electron chi connectivity index (χ3n) is 3.21. The van der Waals surface area contributed by atoms with Gasteiger partial charge in [0.05, 0.1) is 7.11 Å². The predicted molar refractivity (Wildman–Crippen MR) is 89.2 cm³/mol. The fraction of sp³-hybridized carbons (Fsp3) is 0.0526. The molecule has 3 rings (SSSR count). The Kier molecular flexibility index (Phi) is 4.25. The molecule has 3 aromatic rings. The fourth-order valence-corrected chi connectivity index (χ4v) is 2.07. The van der Waals surface area contributed by atoms with Gasteiger partial charge in [0.1, 0.15) is 17.2 Å². The molecule has 22 heavy (non-hydrogen) atoms. The molecule has 0 fully saturated rings. The van der Waals surface area contributed by atoms with Gasteiger partial charge in [-0.05, 0) is 60.7 Å². The smallest absolute Gasteiger partial charge is 0.127 e. The maximum Gasteiger partial charge on any atom is 0.127 e. The summed E-state index contributed by atoms with van der Waals surface area (Å²) in [7, 11) is 1.65.